The van der Waals surface area contributed by atoms with E-state index in [-0.39, 0.29) is 5.97 Å². The number of aromatic nitrogens is 1. The van der Waals surface area contributed by atoms with Gasteiger partial charge in [-0.25, -0.2) is 9.78 Å². The summed E-state index contributed by atoms with van der Waals surface area (Å²) in [5.41, 5.74) is 0.489. The van der Waals surface area contributed by atoms with E-state index in [0.29, 0.717) is 24.1 Å². The zero-order chi connectivity index (χ0) is 14.3. The van der Waals surface area contributed by atoms with Gasteiger partial charge in [0.05, 0.1) is 12.2 Å². The Morgan fingerprint density at radius 3 is 2.47 bits per heavy atom. The Morgan fingerprint density at radius 2 is 2.00 bits per heavy atom. The second-order valence-electron chi connectivity index (χ2n) is 4.66. The molecule has 106 valence electrons. The van der Waals surface area contributed by atoms with Crippen LogP contribution in [0.15, 0.2) is 18.3 Å². The van der Waals surface area contributed by atoms with Gasteiger partial charge in [0.15, 0.2) is 0 Å². The molecule has 0 aliphatic carbocycles. The molecule has 1 N–H and O–H groups in total. The lowest BCUT2D eigenvalue weighted by molar-refractivity contribution is 0.0526. The molecular formula is C15H24N2O2. The smallest absolute Gasteiger partial charge is 0.339 e. The zero-order valence-corrected chi connectivity index (χ0v) is 12.3. The second kappa shape index (κ2) is 7.77. The van der Waals surface area contributed by atoms with Crippen molar-refractivity contribution in [3.8, 4) is 0 Å². The number of hydrogen-bond donors (Lipinski definition) is 1. The van der Waals surface area contributed by atoms with E-state index < -0.39 is 0 Å². The van der Waals surface area contributed by atoms with Crippen molar-refractivity contribution in [3.05, 3.63) is 23.9 Å². The average Bonchev–Trinajstić information content (AvgIpc) is 2.41. The molecular weight excluding hydrogens is 240 g/mol. The summed E-state index contributed by atoms with van der Waals surface area (Å²) < 4.78 is 4.92. The lowest BCUT2D eigenvalue weighted by Gasteiger charge is -2.22. The normalized spacial score (nSPS) is 12.3. The summed E-state index contributed by atoms with van der Waals surface area (Å²) >= 11 is 0. The van der Waals surface area contributed by atoms with Crippen LogP contribution < -0.4 is 5.32 Å². The van der Waals surface area contributed by atoms with Crippen LogP contribution in [-0.2, 0) is 4.74 Å². The van der Waals surface area contributed by atoms with Gasteiger partial charge in [0.2, 0.25) is 0 Å². The van der Waals surface area contributed by atoms with Gasteiger partial charge in [0.25, 0.3) is 0 Å². The maximum atomic E-state index is 11.5. The molecule has 0 spiro atoms. The van der Waals surface area contributed by atoms with Gasteiger partial charge in [-0.05, 0) is 31.9 Å². The Morgan fingerprint density at radius 1 is 1.32 bits per heavy atom. The third-order valence-corrected chi connectivity index (χ3v) is 3.41. The number of esters is 1. The molecule has 0 radical (unpaired) electrons. The molecule has 1 rings (SSSR count). The largest absolute Gasteiger partial charge is 0.462 e. The highest BCUT2D eigenvalue weighted by Crippen LogP contribution is 2.17. The zero-order valence-electron chi connectivity index (χ0n) is 12.3. The van der Waals surface area contributed by atoms with E-state index in [4.69, 9.17) is 4.74 Å². The molecule has 19 heavy (non-hydrogen) atoms. The van der Waals surface area contributed by atoms with Crippen molar-refractivity contribution in [1.29, 1.82) is 0 Å². The van der Waals surface area contributed by atoms with Crippen LogP contribution >= 0.6 is 0 Å². The molecule has 4 nitrogen and oxygen atoms in total. The van der Waals surface area contributed by atoms with Gasteiger partial charge in [0.1, 0.15) is 5.82 Å². The van der Waals surface area contributed by atoms with E-state index in [0.717, 1.165) is 18.7 Å². The van der Waals surface area contributed by atoms with E-state index in [1.165, 1.54) is 0 Å². The van der Waals surface area contributed by atoms with Crippen LogP contribution in [0.2, 0.25) is 0 Å². The molecule has 0 amide bonds. The predicted octanol–water partition coefficient (Wildman–Crippen LogP) is 3.49. The van der Waals surface area contributed by atoms with Crippen LogP contribution in [0.4, 0.5) is 5.82 Å². The fourth-order valence-corrected chi connectivity index (χ4v) is 2.16. The topological polar surface area (TPSA) is 51.2 Å². The molecule has 1 aromatic heterocycles. The molecule has 0 aliphatic heterocycles. The molecule has 0 bridgehead atoms. The summed E-state index contributed by atoms with van der Waals surface area (Å²) in [5.74, 6) is 1.11. The minimum absolute atomic E-state index is 0.324. The number of pyridine rings is 1. The van der Waals surface area contributed by atoms with E-state index in [1.54, 1.807) is 19.2 Å². The van der Waals surface area contributed by atoms with Crippen LogP contribution in [0, 0.1) is 5.92 Å². The van der Waals surface area contributed by atoms with E-state index in [2.05, 4.69) is 31.1 Å². The highest BCUT2D eigenvalue weighted by molar-refractivity contribution is 5.89. The molecule has 4 heteroatoms. The van der Waals surface area contributed by atoms with E-state index in [1.807, 2.05) is 6.07 Å². The van der Waals surface area contributed by atoms with Gasteiger partial charge < -0.3 is 10.1 Å². The van der Waals surface area contributed by atoms with Crippen LogP contribution in [-0.4, -0.2) is 23.6 Å². The molecule has 1 aromatic rings. The van der Waals surface area contributed by atoms with Crippen molar-refractivity contribution in [1.82, 2.24) is 4.98 Å². The van der Waals surface area contributed by atoms with Crippen LogP contribution in [0.5, 0.6) is 0 Å². The monoisotopic (exact) mass is 264 g/mol. The summed E-state index contributed by atoms with van der Waals surface area (Å²) in [5, 5.41) is 3.38. The fraction of sp³-hybridized carbons (Fsp3) is 0.600. The second-order valence-corrected chi connectivity index (χ2v) is 4.66. The summed E-state index contributed by atoms with van der Waals surface area (Å²) in [6, 6.07) is 3.94. The Hall–Kier alpha value is -1.58. The van der Waals surface area contributed by atoms with Crippen LogP contribution in [0.3, 0.4) is 0 Å². The molecule has 0 saturated carbocycles. The van der Waals surface area contributed by atoms with E-state index >= 15 is 0 Å². The van der Waals surface area contributed by atoms with Gasteiger partial charge in [-0.1, -0.05) is 26.7 Å². The SMILES string of the molecule is CCOC(=O)c1ccc(NC(C)C(CC)CC)nc1. The first kappa shape index (κ1) is 15.5. The molecule has 0 aliphatic rings. The number of nitrogens with one attached hydrogen (secondary N) is 1. The van der Waals surface area contributed by atoms with Crippen molar-refractivity contribution in [2.45, 2.75) is 46.6 Å². The maximum absolute atomic E-state index is 11.5. The molecule has 0 fully saturated rings. The molecule has 1 heterocycles. The number of anilines is 1. The standard InChI is InChI=1S/C15H24N2O2/c1-5-12(6-2)11(4)17-14-9-8-13(10-16-14)15(18)19-7-3/h8-12H,5-7H2,1-4H3,(H,16,17). The van der Waals surface area contributed by atoms with Crippen molar-refractivity contribution in [2.24, 2.45) is 5.92 Å². The van der Waals surface area contributed by atoms with Gasteiger partial charge in [-0.15, -0.1) is 0 Å². The number of carbonyl (C=O) groups excluding carboxylic acids is 1. The van der Waals surface area contributed by atoms with Crippen LogP contribution in [0.1, 0.15) is 50.9 Å². The van der Waals surface area contributed by atoms with Crippen molar-refractivity contribution in [3.63, 3.8) is 0 Å². The predicted molar refractivity (Wildman–Crippen MR) is 77.4 cm³/mol. The fourth-order valence-electron chi connectivity index (χ4n) is 2.16. The molecule has 0 saturated heterocycles. The Bertz CT molecular complexity index is 386. The molecule has 0 aromatic carbocycles. The maximum Gasteiger partial charge on any atom is 0.339 e. The van der Waals surface area contributed by atoms with Gasteiger partial charge in [-0.3, -0.25) is 0 Å². The highest BCUT2D eigenvalue weighted by Gasteiger charge is 2.14. The lowest BCUT2D eigenvalue weighted by atomic mass is 9.95. The first-order valence-corrected chi connectivity index (χ1v) is 7.02. The third-order valence-electron chi connectivity index (χ3n) is 3.41. The lowest BCUT2D eigenvalue weighted by Crippen LogP contribution is -2.25. The number of carbonyl (C=O) groups is 1. The minimum Gasteiger partial charge on any atom is -0.462 e. The molecule has 1 atom stereocenters. The summed E-state index contributed by atoms with van der Waals surface area (Å²) in [6.45, 7) is 8.73. The quantitative estimate of drug-likeness (QED) is 0.766. The number of rotatable bonds is 7. The van der Waals surface area contributed by atoms with Gasteiger partial charge in [-0.2, -0.15) is 0 Å². The average molecular weight is 264 g/mol. The van der Waals surface area contributed by atoms with Crippen molar-refractivity contribution < 1.29 is 9.53 Å². The Kier molecular flexibility index (Phi) is 6.33. The summed E-state index contributed by atoms with van der Waals surface area (Å²) in [7, 11) is 0. The third kappa shape index (κ3) is 4.54. The first-order chi connectivity index (χ1) is 9.12. The number of ether oxygens (including phenoxy) is 1. The number of hydrogen-bond acceptors (Lipinski definition) is 4. The van der Waals surface area contributed by atoms with E-state index in [9.17, 15) is 4.79 Å². The number of nitrogens with zero attached hydrogens (tertiary/aromatic N) is 1. The van der Waals surface area contributed by atoms with Crippen molar-refractivity contribution in [2.75, 3.05) is 11.9 Å². The van der Waals surface area contributed by atoms with Crippen LogP contribution in [0.25, 0.3) is 0 Å². The highest BCUT2D eigenvalue weighted by atomic mass is 16.5. The Balaban J connectivity index is 2.64. The van der Waals surface area contributed by atoms with Crippen molar-refractivity contribution >= 4 is 11.8 Å². The summed E-state index contributed by atoms with van der Waals surface area (Å²) in [6.07, 6.45) is 3.84. The van der Waals surface area contributed by atoms with Gasteiger partial charge in [0, 0.05) is 12.2 Å². The summed E-state index contributed by atoms with van der Waals surface area (Å²) in [4.78, 5) is 15.8. The van der Waals surface area contributed by atoms with Gasteiger partial charge >= 0.3 is 5.97 Å². The molecule has 1 unspecified atom stereocenters. The minimum atomic E-state index is -0.324. The Labute approximate surface area is 115 Å². The first-order valence-electron chi connectivity index (χ1n) is 7.02.